The summed E-state index contributed by atoms with van der Waals surface area (Å²) in [4.78, 5) is 27.6. The van der Waals surface area contributed by atoms with Crippen molar-refractivity contribution in [2.75, 3.05) is 18.8 Å². The number of hydrogen-bond acceptors (Lipinski definition) is 7. The lowest BCUT2D eigenvalue weighted by Crippen LogP contribution is -2.47. The smallest absolute Gasteiger partial charge is 0.271 e. The van der Waals surface area contributed by atoms with Crippen LogP contribution < -0.4 is 11.1 Å². The fourth-order valence-electron chi connectivity index (χ4n) is 6.10. The molecule has 218 valence electrons. The van der Waals surface area contributed by atoms with Crippen molar-refractivity contribution in [3.63, 3.8) is 0 Å². The molecule has 1 aliphatic carbocycles. The molecular weight excluding hydrogens is 552 g/mol. The van der Waals surface area contributed by atoms with Gasteiger partial charge < -0.3 is 16.0 Å². The summed E-state index contributed by atoms with van der Waals surface area (Å²) in [6.07, 6.45) is 7.15. The van der Waals surface area contributed by atoms with Crippen LogP contribution in [0.2, 0.25) is 0 Å². The molecular formula is C31H29F2N9O. The van der Waals surface area contributed by atoms with Crippen LogP contribution >= 0.6 is 0 Å². The van der Waals surface area contributed by atoms with E-state index in [2.05, 4.69) is 22.0 Å². The zero-order valence-corrected chi connectivity index (χ0v) is 23.2. The lowest BCUT2D eigenvalue weighted by molar-refractivity contribution is -0.127. The summed E-state index contributed by atoms with van der Waals surface area (Å²) in [6.45, 7) is 4.55. The Morgan fingerprint density at radius 3 is 2.67 bits per heavy atom. The molecule has 1 atom stereocenters. The van der Waals surface area contributed by atoms with Crippen LogP contribution in [0.5, 0.6) is 0 Å². The van der Waals surface area contributed by atoms with Gasteiger partial charge in [0.2, 0.25) is 5.91 Å². The molecule has 2 aliphatic rings. The highest BCUT2D eigenvalue weighted by atomic mass is 19.3. The van der Waals surface area contributed by atoms with Gasteiger partial charge in [-0.05, 0) is 72.5 Å². The Balaban J connectivity index is 1.28. The number of fused-ring (bicyclic) bond motifs is 2. The molecule has 5 aromatic rings. The third kappa shape index (κ3) is 4.73. The summed E-state index contributed by atoms with van der Waals surface area (Å²) >= 11 is 0. The predicted octanol–water partition coefficient (Wildman–Crippen LogP) is 4.25. The first kappa shape index (κ1) is 26.9. The van der Waals surface area contributed by atoms with Crippen molar-refractivity contribution in [1.29, 1.82) is 0 Å². The van der Waals surface area contributed by atoms with Gasteiger partial charge in [0.25, 0.3) is 5.92 Å². The number of pyridine rings is 2. The number of piperidine rings is 1. The molecule has 12 heteroatoms. The molecule has 1 amide bonds. The van der Waals surface area contributed by atoms with Gasteiger partial charge >= 0.3 is 0 Å². The topological polar surface area (TPSA) is 120 Å². The zero-order valence-electron chi connectivity index (χ0n) is 23.2. The molecule has 7 rings (SSSR count). The Labute approximate surface area is 245 Å². The molecule has 3 N–H and O–H groups in total. The minimum atomic E-state index is -2.98. The quantitative estimate of drug-likeness (QED) is 0.288. The van der Waals surface area contributed by atoms with Crippen LogP contribution in [0.1, 0.15) is 30.0 Å². The number of nitrogens with one attached hydrogen (secondary N) is 1. The largest absolute Gasteiger partial charge is 0.383 e. The van der Waals surface area contributed by atoms with E-state index in [0.717, 1.165) is 0 Å². The molecule has 1 aliphatic heterocycles. The minimum absolute atomic E-state index is 0.127. The number of nitrogens with zero attached hydrogens (tertiary/aromatic N) is 7. The first-order chi connectivity index (χ1) is 20.8. The van der Waals surface area contributed by atoms with Crippen LogP contribution in [-0.4, -0.2) is 65.2 Å². The van der Waals surface area contributed by atoms with Crippen LogP contribution in [0.4, 0.5) is 14.6 Å². The number of nitrogens with two attached hydrogens (primary N) is 1. The first-order valence-corrected chi connectivity index (χ1v) is 14.1. The molecule has 4 aromatic heterocycles. The van der Waals surface area contributed by atoms with Crippen molar-refractivity contribution in [1.82, 2.24) is 39.5 Å². The number of benzene rings is 1. The standard InChI is InChI=1S/C31H29F2N9O/c1-2-26(43)40-15-10-20(11-16-40)37-27-22-7-6-21(17-19(22)18-31(27,32)33)42-29(23-5-3-12-35-28(23)34)38-24-8-9-25(39-30(24)42)41-14-4-13-36-41/h2-9,12-14,17,20,27,37H,1,10-11,15-16,18H2,(H2,34,35). The summed E-state index contributed by atoms with van der Waals surface area (Å²) in [5.41, 5.74) is 9.76. The Morgan fingerprint density at radius 1 is 1.09 bits per heavy atom. The normalized spacial score (nSPS) is 18.2. The molecule has 0 bridgehead atoms. The van der Waals surface area contributed by atoms with Crippen LogP contribution in [0.15, 0.2) is 79.8 Å². The maximum absolute atomic E-state index is 15.5. The number of rotatable bonds is 6. The highest BCUT2D eigenvalue weighted by molar-refractivity contribution is 5.87. The molecule has 1 aromatic carbocycles. The van der Waals surface area contributed by atoms with Gasteiger partial charge in [-0.15, -0.1) is 0 Å². The van der Waals surface area contributed by atoms with Crippen LogP contribution in [0.25, 0.3) is 34.1 Å². The lowest BCUT2D eigenvalue weighted by Gasteiger charge is -2.34. The summed E-state index contributed by atoms with van der Waals surface area (Å²) < 4.78 is 34.6. The fraction of sp³-hybridized carbons (Fsp3) is 0.258. The van der Waals surface area contributed by atoms with Gasteiger partial charge in [-0.1, -0.05) is 12.6 Å². The first-order valence-electron chi connectivity index (χ1n) is 14.1. The number of imidazole rings is 1. The number of anilines is 1. The number of likely N-dealkylation sites (tertiary alicyclic amines) is 1. The van der Waals surface area contributed by atoms with E-state index in [4.69, 9.17) is 15.7 Å². The van der Waals surface area contributed by atoms with Crippen molar-refractivity contribution >= 4 is 22.9 Å². The second kappa shape index (κ2) is 10.4. The number of carbonyl (C=O) groups is 1. The Bertz CT molecular complexity index is 1840. The Kier molecular flexibility index (Phi) is 6.50. The Morgan fingerprint density at radius 2 is 1.93 bits per heavy atom. The van der Waals surface area contributed by atoms with Gasteiger partial charge in [-0.2, -0.15) is 5.10 Å². The van der Waals surface area contributed by atoms with Crippen LogP contribution in [0, 0.1) is 0 Å². The van der Waals surface area contributed by atoms with Crippen molar-refractivity contribution in [3.05, 3.63) is 90.9 Å². The van der Waals surface area contributed by atoms with Crippen molar-refractivity contribution in [2.24, 2.45) is 0 Å². The summed E-state index contributed by atoms with van der Waals surface area (Å²) in [5.74, 6) is -1.72. The summed E-state index contributed by atoms with van der Waals surface area (Å²) in [7, 11) is 0. The number of carbonyl (C=O) groups excluding carboxylic acids is 1. The number of aromatic nitrogens is 6. The van der Waals surface area contributed by atoms with E-state index in [0.29, 0.717) is 76.9 Å². The van der Waals surface area contributed by atoms with Gasteiger partial charge in [0.05, 0.1) is 11.6 Å². The molecule has 0 saturated carbocycles. The lowest BCUT2D eigenvalue weighted by atomic mass is 10.0. The summed E-state index contributed by atoms with van der Waals surface area (Å²) in [5, 5.41) is 7.51. The zero-order chi connectivity index (χ0) is 29.7. The van der Waals surface area contributed by atoms with Gasteiger partial charge in [0, 0.05) is 49.8 Å². The van der Waals surface area contributed by atoms with Crippen molar-refractivity contribution in [2.45, 2.75) is 37.3 Å². The number of nitrogen functional groups attached to an aromatic ring is 1. The number of hydrogen-bond donors (Lipinski definition) is 2. The van der Waals surface area contributed by atoms with E-state index in [-0.39, 0.29) is 11.9 Å². The number of halogens is 2. The SMILES string of the molecule is C=CC(=O)N1CCC(NC2c3ccc(-n4c(-c5cccnc5N)nc5ccc(-n6cccn6)nc54)cc3CC2(F)F)CC1. The van der Waals surface area contributed by atoms with E-state index in [1.54, 1.807) is 52.4 Å². The molecule has 1 saturated heterocycles. The van der Waals surface area contributed by atoms with Crippen molar-refractivity contribution < 1.29 is 13.6 Å². The molecule has 43 heavy (non-hydrogen) atoms. The van der Waals surface area contributed by atoms with Crippen LogP contribution in [0.3, 0.4) is 0 Å². The average Bonchev–Trinajstić information content (AvgIpc) is 3.73. The van der Waals surface area contributed by atoms with E-state index in [9.17, 15) is 4.79 Å². The molecule has 10 nitrogen and oxygen atoms in total. The van der Waals surface area contributed by atoms with Gasteiger partial charge in [-0.25, -0.2) is 28.4 Å². The van der Waals surface area contributed by atoms with E-state index >= 15 is 8.78 Å². The molecule has 0 spiro atoms. The Hall–Kier alpha value is -4.97. The van der Waals surface area contributed by atoms with Gasteiger partial charge in [0.15, 0.2) is 17.3 Å². The maximum atomic E-state index is 15.5. The predicted molar refractivity (Wildman–Crippen MR) is 158 cm³/mol. The molecule has 1 unspecified atom stereocenters. The third-order valence-electron chi connectivity index (χ3n) is 8.24. The highest BCUT2D eigenvalue weighted by Gasteiger charge is 2.48. The fourth-order valence-corrected chi connectivity index (χ4v) is 6.10. The van der Waals surface area contributed by atoms with Gasteiger partial charge in [0.1, 0.15) is 11.3 Å². The number of amides is 1. The van der Waals surface area contributed by atoms with E-state index < -0.39 is 18.4 Å². The molecule has 5 heterocycles. The van der Waals surface area contributed by atoms with Gasteiger partial charge in [-0.3, -0.25) is 9.36 Å². The number of alkyl halides is 2. The highest BCUT2D eigenvalue weighted by Crippen LogP contribution is 2.45. The third-order valence-corrected chi connectivity index (χ3v) is 8.24. The van der Waals surface area contributed by atoms with Crippen molar-refractivity contribution in [3.8, 4) is 22.9 Å². The minimum Gasteiger partial charge on any atom is -0.383 e. The van der Waals surface area contributed by atoms with E-state index in [1.165, 1.54) is 6.08 Å². The maximum Gasteiger partial charge on any atom is 0.271 e. The second-order valence-electron chi connectivity index (χ2n) is 10.9. The molecule has 0 radical (unpaired) electrons. The summed E-state index contributed by atoms with van der Waals surface area (Å²) in [6, 6.07) is 13.2. The second-order valence-corrected chi connectivity index (χ2v) is 10.9. The monoisotopic (exact) mass is 581 g/mol. The molecule has 1 fully saturated rings. The average molecular weight is 582 g/mol. The van der Waals surface area contributed by atoms with E-state index in [1.807, 2.05) is 28.8 Å². The van der Waals surface area contributed by atoms with Crippen LogP contribution in [-0.2, 0) is 11.2 Å².